The van der Waals surface area contributed by atoms with Gasteiger partial charge in [-0.3, -0.25) is 4.57 Å². The highest BCUT2D eigenvalue weighted by atomic mass is 16.5. The molecule has 2 aromatic heterocycles. The van der Waals surface area contributed by atoms with Crippen molar-refractivity contribution in [3.05, 3.63) is 214 Å². The minimum Gasteiger partial charge on any atom is -0.457 e. The maximum Gasteiger partial charge on any atom is 0.137 e. The Hall–Kier alpha value is -7.11. The molecule has 7 aromatic carbocycles. The van der Waals surface area contributed by atoms with Crippen molar-refractivity contribution in [2.24, 2.45) is 0 Å². The number of hydrogen-bond acceptors (Lipinski definition) is 4. The summed E-state index contributed by atoms with van der Waals surface area (Å²) in [6.45, 7) is 37.8. The molecule has 1 aliphatic heterocycles. The Kier molecular flexibility index (Phi) is 12.6. The molecule has 0 amide bonds. The maximum atomic E-state index is 7.01. The third kappa shape index (κ3) is 9.64. The molecule has 5 nitrogen and oxygen atoms in total. The summed E-state index contributed by atoms with van der Waals surface area (Å²) in [5.74, 6) is 2.44. The van der Waals surface area contributed by atoms with Crippen LogP contribution in [0.25, 0.3) is 27.6 Å². The Morgan fingerprint density at radius 1 is 0.373 bits per heavy atom. The standard InChI is InChI=1S/C70H78N4O/c1-65(2,3)48-30-33-60-57(39-48)56-32-31-55(42-61(56)74(60)64-40-49(34-35-71-64)66(4,5)6)75-54-29-23-28-52(41-54)72-45-73(53-37-50(67(7,8)9)36-51(38-53)68(10,11)12)63-44-59(70(15,16)47-26-21-18-22-27-47)58(43-62(63)72)69(13,14)46-24-19-17-20-25-46/h17-44H,45H2,1-16H3. The van der Waals surface area contributed by atoms with Crippen LogP contribution in [0.1, 0.15) is 155 Å². The minimum atomic E-state index is -0.327. The molecule has 384 valence electrons. The first-order chi connectivity index (χ1) is 35.2. The van der Waals surface area contributed by atoms with Gasteiger partial charge in [0.1, 0.15) is 24.0 Å². The predicted molar refractivity (Wildman–Crippen MR) is 319 cm³/mol. The van der Waals surface area contributed by atoms with Crippen LogP contribution in [0.15, 0.2) is 170 Å². The van der Waals surface area contributed by atoms with E-state index >= 15 is 0 Å². The summed E-state index contributed by atoms with van der Waals surface area (Å²) in [5, 5.41) is 2.38. The van der Waals surface area contributed by atoms with Crippen LogP contribution in [0.4, 0.5) is 22.7 Å². The largest absolute Gasteiger partial charge is 0.457 e. The molecule has 0 atom stereocenters. The van der Waals surface area contributed by atoms with Crippen molar-refractivity contribution in [3.8, 4) is 17.3 Å². The van der Waals surface area contributed by atoms with Crippen molar-refractivity contribution in [1.82, 2.24) is 9.55 Å². The van der Waals surface area contributed by atoms with Gasteiger partial charge in [-0.15, -0.1) is 0 Å². The number of fused-ring (bicyclic) bond motifs is 4. The van der Waals surface area contributed by atoms with Crippen LogP contribution in [0, 0.1) is 0 Å². The lowest BCUT2D eigenvalue weighted by atomic mass is 9.68. The van der Waals surface area contributed by atoms with E-state index in [1.165, 1.54) is 72.3 Å². The lowest BCUT2D eigenvalue weighted by Gasteiger charge is -2.37. The Labute approximate surface area is 448 Å². The summed E-state index contributed by atoms with van der Waals surface area (Å²) in [4.78, 5) is 10.0. The van der Waals surface area contributed by atoms with E-state index in [0.29, 0.717) is 6.67 Å². The number of hydrogen-bond donors (Lipinski definition) is 0. The quantitative estimate of drug-likeness (QED) is 0.144. The van der Waals surface area contributed by atoms with Crippen molar-refractivity contribution in [3.63, 3.8) is 0 Å². The fourth-order valence-corrected chi connectivity index (χ4v) is 11.1. The van der Waals surface area contributed by atoms with E-state index in [0.717, 1.165) is 34.0 Å². The molecule has 0 fully saturated rings. The van der Waals surface area contributed by atoms with E-state index in [9.17, 15) is 0 Å². The van der Waals surface area contributed by atoms with Crippen molar-refractivity contribution >= 4 is 44.6 Å². The third-order valence-electron chi connectivity index (χ3n) is 16.1. The zero-order valence-electron chi connectivity index (χ0n) is 47.6. The Morgan fingerprint density at radius 2 is 0.893 bits per heavy atom. The van der Waals surface area contributed by atoms with Crippen LogP contribution in [-0.4, -0.2) is 16.2 Å². The average Bonchev–Trinajstić information content (AvgIpc) is 3.92. The molecule has 0 N–H and O–H groups in total. The Balaban J connectivity index is 1.14. The highest BCUT2D eigenvalue weighted by molar-refractivity contribution is 6.10. The maximum absolute atomic E-state index is 7.01. The van der Waals surface area contributed by atoms with E-state index in [4.69, 9.17) is 9.72 Å². The van der Waals surface area contributed by atoms with E-state index in [2.05, 4.69) is 289 Å². The summed E-state index contributed by atoms with van der Waals surface area (Å²) in [6, 6.07) is 60.9. The first-order valence-electron chi connectivity index (χ1n) is 27.0. The smallest absolute Gasteiger partial charge is 0.137 e. The molecule has 0 saturated heterocycles. The first kappa shape index (κ1) is 51.4. The number of aromatic nitrogens is 2. The monoisotopic (exact) mass is 991 g/mol. The van der Waals surface area contributed by atoms with E-state index < -0.39 is 0 Å². The minimum absolute atomic E-state index is 0.000502. The number of anilines is 4. The van der Waals surface area contributed by atoms with Crippen LogP contribution in [-0.2, 0) is 32.5 Å². The molecule has 75 heavy (non-hydrogen) atoms. The van der Waals surface area contributed by atoms with Gasteiger partial charge in [0.25, 0.3) is 0 Å². The molecular weight excluding hydrogens is 913 g/mol. The fraction of sp³-hybridized carbons (Fsp3) is 0.329. The third-order valence-corrected chi connectivity index (χ3v) is 16.1. The summed E-state index contributed by atoms with van der Waals surface area (Å²) in [6.07, 6.45) is 1.95. The molecular formula is C70H78N4O. The molecule has 0 unspecified atom stereocenters. The van der Waals surface area contributed by atoms with Crippen LogP contribution in [0.2, 0.25) is 0 Å². The molecule has 5 heteroatoms. The number of nitrogens with zero attached hydrogens (tertiary/aromatic N) is 4. The molecule has 3 heterocycles. The van der Waals surface area contributed by atoms with Gasteiger partial charge >= 0.3 is 0 Å². The van der Waals surface area contributed by atoms with Gasteiger partial charge in [0, 0.05) is 51.3 Å². The second kappa shape index (κ2) is 18.3. The molecule has 0 radical (unpaired) electrons. The SMILES string of the molecule is CC(C)(C)c1cc(N2CN(c3cccc(Oc4ccc5c6cc(C(C)(C)C)ccc6n(-c6cc(C(C)(C)C)ccn6)c5c4)c3)c3cc(C(C)(C)c4ccccc4)c(C(C)(C)c4ccccc4)cc32)cc(C(C)(C)C)c1. The highest BCUT2D eigenvalue weighted by Gasteiger charge is 2.39. The van der Waals surface area contributed by atoms with E-state index in [1.54, 1.807) is 0 Å². The van der Waals surface area contributed by atoms with Gasteiger partial charge in [0.15, 0.2) is 0 Å². The number of pyridine rings is 1. The van der Waals surface area contributed by atoms with Gasteiger partial charge in [0.2, 0.25) is 0 Å². The van der Waals surface area contributed by atoms with Gasteiger partial charge in [-0.05, 0) is 139 Å². The van der Waals surface area contributed by atoms with E-state index in [-0.39, 0.29) is 32.5 Å². The van der Waals surface area contributed by atoms with Gasteiger partial charge in [-0.2, -0.15) is 0 Å². The topological polar surface area (TPSA) is 33.5 Å². The van der Waals surface area contributed by atoms with E-state index in [1.807, 2.05) is 6.20 Å². The number of rotatable bonds is 9. The molecule has 0 saturated carbocycles. The molecule has 0 aliphatic carbocycles. The van der Waals surface area contributed by atoms with Gasteiger partial charge in [0.05, 0.1) is 22.4 Å². The molecule has 9 aromatic rings. The van der Waals surface area contributed by atoms with Gasteiger partial charge in [-0.25, -0.2) is 4.98 Å². The van der Waals surface area contributed by atoms with Crippen molar-refractivity contribution in [1.29, 1.82) is 0 Å². The first-order valence-corrected chi connectivity index (χ1v) is 27.0. The lowest BCUT2D eigenvalue weighted by molar-refractivity contribution is 0.483. The molecule has 0 bridgehead atoms. The van der Waals surface area contributed by atoms with Crippen molar-refractivity contribution in [2.75, 3.05) is 16.5 Å². The zero-order valence-corrected chi connectivity index (χ0v) is 47.6. The van der Waals surface area contributed by atoms with Gasteiger partial charge in [-0.1, -0.05) is 190 Å². The summed E-state index contributed by atoms with van der Waals surface area (Å²) >= 11 is 0. The summed E-state index contributed by atoms with van der Waals surface area (Å²) < 4.78 is 9.32. The number of benzene rings is 7. The zero-order chi connectivity index (χ0) is 53.6. The molecule has 1 aliphatic rings. The molecule has 10 rings (SSSR count). The fourth-order valence-electron chi connectivity index (χ4n) is 11.1. The summed E-state index contributed by atoms with van der Waals surface area (Å²) in [7, 11) is 0. The highest BCUT2D eigenvalue weighted by Crippen LogP contribution is 2.52. The lowest BCUT2D eigenvalue weighted by Crippen LogP contribution is -2.28. The van der Waals surface area contributed by atoms with Gasteiger partial charge < -0.3 is 14.5 Å². The average molecular weight is 991 g/mol. The van der Waals surface area contributed by atoms with Crippen LogP contribution in [0.5, 0.6) is 11.5 Å². The van der Waals surface area contributed by atoms with Crippen LogP contribution < -0.4 is 14.5 Å². The van der Waals surface area contributed by atoms with Crippen LogP contribution >= 0.6 is 0 Å². The van der Waals surface area contributed by atoms with Crippen molar-refractivity contribution in [2.45, 2.75) is 143 Å². The summed E-state index contributed by atoms with van der Waals surface area (Å²) in [5.41, 5.74) is 16.4. The second-order valence-corrected chi connectivity index (χ2v) is 26.4. The normalized spacial score (nSPS) is 13.8. The Morgan fingerprint density at radius 3 is 1.44 bits per heavy atom. The predicted octanol–water partition coefficient (Wildman–Crippen LogP) is 19.1. The molecule has 0 spiro atoms. The Bertz CT molecular complexity index is 3560. The number of ether oxygens (including phenoxy) is 1. The second-order valence-electron chi connectivity index (χ2n) is 26.4. The van der Waals surface area contributed by atoms with Crippen molar-refractivity contribution < 1.29 is 4.74 Å². The van der Waals surface area contributed by atoms with Crippen LogP contribution in [0.3, 0.4) is 0 Å².